The van der Waals surface area contributed by atoms with Gasteiger partial charge in [-0.1, -0.05) is 36.4 Å². The Morgan fingerprint density at radius 2 is 0.580 bits per heavy atom. The second kappa shape index (κ2) is 27.0. The Morgan fingerprint density at radius 3 is 0.765 bits per heavy atom. The first-order valence-electron chi connectivity index (χ1n) is 26.1. The molecule has 0 fully saturated rings. The zero-order valence-corrected chi connectivity index (χ0v) is 45.5. The van der Waals surface area contributed by atoms with Crippen molar-refractivity contribution in [3.05, 3.63) is 210 Å². The van der Waals surface area contributed by atoms with Crippen LogP contribution in [0.1, 0.15) is 58.2 Å². The van der Waals surface area contributed by atoms with Crippen LogP contribution < -0.4 is 46.0 Å². The van der Waals surface area contributed by atoms with Gasteiger partial charge < -0.3 is 28.9 Å². The molecule has 0 saturated carbocycles. The van der Waals surface area contributed by atoms with Crippen LogP contribution in [0.5, 0.6) is 17.2 Å². The minimum absolute atomic E-state index is 0.0380. The second-order valence-electron chi connectivity index (χ2n) is 17.8. The fourth-order valence-electron chi connectivity index (χ4n) is 8.70. The van der Waals surface area contributed by atoms with Crippen LogP contribution in [0.25, 0.3) is 35.3 Å². The second-order valence-corrected chi connectivity index (χ2v) is 17.8. The van der Waals surface area contributed by atoms with Gasteiger partial charge in [0.05, 0.1) is 17.1 Å². The summed E-state index contributed by atoms with van der Waals surface area (Å²) in [6.07, 6.45) is 4.18. The first-order chi connectivity index (χ1) is 39.2. The molecule has 6 aromatic carbocycles. The van der Waals surface area contributed by atoms with E-state index in [1.165, 1.54) is 91.0 Å². The lowest BCUT2D eigenvalue weighted by molar-refractivity contribution is -0.130. The van der Waals surface area contributed by atoms with Gasteiger partial charge in [0.2, 0.25) is 0 Å². The Hall–Kier alpha value is -10.8. The first kappa shape index (κ1) is 57.9. The predicted molar refractivity (Wildman–Crippen MR) is 311 cm³/mol. The van der Waals surface area contributed by atoms with Crippen molar-refractivity contribution < 1.29 is 28.6 Å². The highest BCUT2D eigenvalue weighted by molar-refractivity contribution is 6.00. The number of ether oxygens (including phenoxy) is 3. The van der Waals surface area contributed by atoms with Crippen LogP contribution in [0.15, 0.2) is 177 Å². The van der Waals surface area contributed by atoms with E-state index in [1.807, 2.05) is 96.1 Å². The predicted octanol–water partition coefficient (Wildman–Crippen LogP) is 9.22. The highest BCUT2D eigenvalue weighted by atomic mass is 16.5. The van der Waals surface area contributed by atoms with Crippen molar-refractivity contribution in [2.45, 2.75) is 41.5 Å². The van der Waals surface area contributed by atoms with Crippen molar-refractivity contribution in [2.75, 3.05) is 54.0 Å². The molecule has 18 heteroatoms. The Morgan fingerprint density at radius 1 is 0.370 bits per heavy atom. The molecule has 0 saturated heterocycles. The van der Waals surface area contributed by atoms with E-state index in [0.29, 0.717) is 30.4 Å². The number of hydrogen-bond acceptors (Lipinski definition) is 15. The van der Waals surface area contributed by atoms with Gasteiger partial charge in [0.15, 0.2) is 0 Å². The molecule has 0 unspecified atom stereocenters. The average molecular weight is 1080 g/mol. The molecule has 0 spiro atoms. The van der Waals surface area contributed by atoms with Crippen molar-refractivity contribution in [1.82, 2.24) is 13.7 Å². The van der Waals surface area contributed by atoms with E-state index >= 15 is 0 Å². The molecule has 0 radical (unpaired) electrons. The van der Waals surface area contributed by atoms with Crippen LogP contribution >= 0.6 is 0 Å². The van der Waals surface area contributed by atoms with Crippen molar-refractivity contribution in [3.8, 4) is 52.5 Å². The molecule has 0 aliphatic heterocycles. The van der Waals surface area contributed by atoms with E-state index in [0.717, 1.165) is 56.3 Å². The highest BCUT2D eigenvalue weighted by Gasteiger charge is 2.22. The maximum absolute atomic E-state index is 14.5. The third-order valence-corrected chi connectivity index (χ3v) is 13.1. The van der Waals surface area contributed by atoms with Crippen molar-refractivity contribution in [3.63, 3.8) is 0 Å². The quantitative estimate of drug-likeness (QED) is 0.0283. The average Bonchev–Trinajstić information content (AvgIpc) is 3.64. The molecule has 81 heavy (non-hydrogen) atoms. The number of benzene rings is 6. The van der Waals surface area contributed by atoms with Gasteiger partial charge in [-0.3, -0.25) is 0 Å². The van der Waals surface area contributed by atoms with E-state index in [4.69, 9.17) is 14.2 Å². The minimum atomic E-state index is -1.12. The summed E-state index contributed by atoms with van der Waals surface area (Å²) in [7, 11) is 0. The van der Waals surface area contributed by atoms with Crippen molar-refractivity contribution in [1.29, 1.82) is 15.8 Å². The molecular weight excluding hydrogens is 1030 g/mol. The molecule has 18 nitrogen and oxygen atoms in total. The van der Waals surface area contributed by atoms with Gasteiger partial charge >= 0.3 is 35.0 Å². The van der Waals surface area contributed by atoms with E-state index in [1.54, 1.807) is 36.4 Å². The first-order valence-corrected chi connectivity index (χ1v) is 26.1. The van der Waals surface area contributed by atoms with Gasteiger partial charge in [-0.25, -0.2) is 42.5 Å². The Kier molecular flexibility index (Phi) is 19.3. The summed E-state index contributed by atoms with van der Waals surface area (Å²) in [6, 6.07) is 43.2. The van der Waals surface area contributed by atoms with E-state index in [9.17, 15) is 44.6 Å². The monoisotopic (exact) mass is 1080 g/mol. The number of anilines is 3. The Bertz CT molecular complexity index is 3390. The smallest absolute Gasteiger partial charge is 0.354 e. The molecule has 0 amide bonds. The molecule has 0 aliphatic rings. The topological polar surface area (TPSA) is 226 Å². The molecule has 0 aliphatic carbocycles. The zero-order chi connectivity index (χ0) is 58.2. The third-order valence-electron chi connectivity index (χ3n) is 13.1. The number of carbonyl (C=O) groups excluding carboxylic acids is 3. The lowest BCUT2D eigenvalue weighted by atomic mass is 10.1. The largest absolute Gasteiger partial charge is 0.422 e. The van der Waals surface area contributed by atoms with Gasteiger partial charge in [0.25, 0.3) is 0 Å². The molecule has 0 bridgehead atoms. The highest BCUT2D eigenvalue weighted by Crippen LogP contribution is 2.24. The summed E-state index contributed by atoms with van der Waals surface area (Å²) in [5.41, 5.74) is 0.279. The van der Waals surface area contributed by atoms with E-state index < -0.39 is 35.0 Å². The lowest BCUT2D eigenvalue weighted by Crippen LogP contribution is -2.52. The van der Waals surface area contributed by atoms with Gasteiger partial charge in [-0.15, -0.1) is 0 Å². The summed E-state index contributed by atoms with van der Waals surface area (Å²) < 4.78 is 18.7. The lowest BCUT2D eigenvalue weighted by Gasteiger charge is -2.20. The van der Waals surface area contributed by atoms with Crippen molar-refractivity contribution in [2.24, 2.45) is 0 Å². The van der Waals surface area contributed by atoms with Gasteiger partial charge in [-0.05, 0) is 186 Å². The number of nitrogens with zero attached hydrogens (tertiary/aromatic N) is 9. The SMILES string of the molecule is CCN(CC)c1ccc(C=C(C#N)C(=O)Oc2ccc(-n3c(=O)n(-c4ccc(OC(=O)C(C#N)=Cc5ccc(N(CC)CC)cc5)cc4)c(=O)n(-c4ccc(OC(=O)C(C#N)=Cc5ccc(N(CC)CC)cc5)cc4)c3=O)cc2)cc1. The van der Waals surface area contributed by atoms with Gasteiger partial charge in [0, 0.05) is 56.3 Å². The molecule has 7 rings (SSSR count). The Balaban J connectivity index is 1.20. The molecule has 7 aromatic rings. The van der Waals surface area contributed by atoms with E-state index in [-0.39, 0.29) is 51.0 Å². The molecule has 1 aromatic heterocycles. The summed E-state index contributed by atoms with van der Waals surface area (Å²) >= 11 is 0. The fourth-order valence-corrected chi connectivity index (χ4v) is 8.70. The molecule has 408 valence electrons. The summed E-state index contributed by atoms with van der Waals surface area (Å²) in [5.74, 6) is -3.00. The van der Waals surface area contributed by atoms with Crippen LogP contribution in [-0.4, -0.2) is 70.9 Å². The minimum Gasteiger partial charge on any atom is -0.422 e. The van der Waals surface area contributed by atoms with Crippen LogP contribution in [-0.2, 0) is 14.4 Å². The summed E-state index contributed by atoms with van der Waals surface area (Å²) in [6.45, 7) is 17.0. The van der Waals surface area contributed by atoms with Crippen LogP contribution in [0.2, 0.25) is 0 Å². The van der Waals surface area contributed by atoms with Crippen LogP contribution in [0.4, 0.5) is 17.1 Å². The van der Waals surface area contributed by atoms with Crippen LogP contribution in [0.3, 0.4) is 0 Å². The number of aromatic nitrogens is 3. The zero-order valence-electron chi connectivity index (χ0n) is 45.5. The maximum Gasteiger partial charge on any atom is 0.354 e. The number of hydrogen-bond donors (Lipinski definition) is 0. The number of esters is 3. The van der Waals surface area contributed by atoms with Gasteiger partial charge in [-0.2, -0.15) is 15.8 Å². The molecule has 0 atom stereocenters. The normalized spacial score (nSPS) is 11.4. The number of rotatable bonds is 21. The summed E-state index contributed by atoms with van der Waals surface area (Å²) in [5, 5.41) is 29.7. The van der Waals surface area contributed by atoms with Crippen LogP contribution in [0, 0.1) is 34.0 Å². The number of nitriles is 3. The van der Waals surface area contributed by atoms with Crippen molar-refractivity contribution >= 4 is 53.2 Å². The van der Waals surface area contributed by atoms with Gasteiger partial charge in [0.1, 0.15) is 52.2 Å². The maximum atomic E-state index is 14.5. The molecular formula is C63H57N9O9. The van der Waals surface area contributed by atoms with E-state index in [2.05, 4.69) is 14.7 Å². The molecule has 1 heterocycles. The summed E-state index contributed by atoms with van der Waals surface area (Å²) in [4.78, 5) is 89.9. The third kappa shape index (κ3) is 13.7. The Labute approximate surface area is 468 Å². The fraction of sp³-hybridized carbons (Fsp3) is 0.190. The standard InChI is InChI=1S/C63H57N9O9/c1-7-67(8-2)49-19-13-43(14-20-49)37-46(40-64)58(73)79-55-31-25-52(26-32-55)70-61(76)71(53-27-33-56(34-28-53)80-59(74)47(41-65)38-44-15-21-50(22-16-44)68(9-3)10-4)63(78)72(62(70)77)54-29-35-57(36-30-54)81-60(75)48(42-66)39-45-17-23-51(24-18-45)69(11-5)12-6/h13-39H,7-12H2,1-6H3. The number of carbonyl (C=O) groups is 3. The molecule has 0 N–H and O–H groups in total.